The topological polar surface area (TPSA) is 221 Å². The third-order valence-corrected chi connectivity index (χ3v) is 7.09. The van der Waals surface area contributed by atoms with E-state index in [0.717, 1.165) is 5.56 Å². The van der Waals surface area contributed by atoms with Gasteiger partial charge in [0.2, 0.25) is 15.9 Å². The number of amides is 1. The summed E-state index contributed by atoms with van der Waals surface area (Å²) < 4.78 is 59.3. The standard InChI is InChI=1S/C21H22BrN5O6S.C2HF3O2/c22-14-2-1-3-16(8-14)34(31,32)27-18(21(29)30)11-25-19(28)10-15-9-17(26-33-15)12-4-6-13(7-5-12)20(23)24;3-2(4,5)1(6)7/h1-8,15,18,27H,9-11H2,(H3,23,24)(H,25,28)(H,29,30);(H,6,7)/t15?,18-;/m0./s1. The van der Waals surface area contributed by atoms with Gasteiger partial charge in [0.1, 0.15) is 18.0 Å². The van der Waals surface area contributed by atoms with Gasteiger partial charge in [-0.2, -0.15) is 17.9 Å². The van der Waals surface area contributed by atoms with Gasteiger partial charge in [0, 0.05) is 23.0 Å². The summed E-state index contributed by atoms with van der Waals surface area (Å²) in [5.41, 5.74) is 7.40. The SMILES string of the molecule is N=C(N)c1ccc(C2=NOC(CC(=O)NC[C@H](NS(=O)(=O)c3cccc(Br)c3)C(=O)O)C2)cc1.O=C(O)C(F)(F)F. The van der Waals surface area contributed by atoms with E-state index < -0.39 is 52.7 Å². The number of alkyl halides is 3. The van der Waals surface area contributed by atoms with Gasteiger partial charge < -0.3 is 26.1 Å². The number of nitrogens with zero attached hydrogens (tertiary/aromatic N) is 1. The molecule has 0 saturated carbocycles. The van der Waals surface area contributed by atoms with Gasteiger partial charge in [-0.25, -0.2) is 13.2 Å². The van der Waals surface area contributed by atoms with E-state index in [4.69, 9.17) is 25.9 Å². The summed E-state index contributed by atoms with van der Waals surface area (Å²) in [7, 11) is -4.12. The Morgan fingerprint density at radius 1 is 1.17 bits per heavy atom. The van der Waals surface area contributed by atoms with Crippen molar-refractivity contribution >= 4 is 55.3 Å². The second kappa shape index (κ2) is 14.0. The number of oxime groups is 1. The zero-order valence-corrected chi connectivity index (χ0v) is 23.1. The molecule has 3 rings (SSSR count). The van der Waals surface area contributed by atoms with Crippen molar-refractivity contribution in [2.24, 2.45) is 10.9 Å². The van der Waals surface area contributed by atoms with E-state index in [1.807, 2.05) is 0 Å². The molecule has 2 aromatic rings. The quantitative estimate of drug-likeness (QED) is 0.161. The number of amidine groups is 1. The molecular weight excluding hydrogens is 643 g/mol. The van der Waals surface area contributed by atoms with Crippen molar-refractivity contribution < 1.29 is 51.0 Å². The molecule has 2 aromatic carbocycles. The number of nitrogen functional groups attached to an aromatic ring is 1. The summed E-state index contributed by atoms with van der Waals surface area (Å²) in [5.74, 6) is -4.76. The second-order valence-electron chi connectivity index (χ2n) is 8.24. The Morgan fingerprint density at radius 2 is 1.78 bits per heavy atom. The van der Waals surface area contributed by atoms with E-state index in [-0.39, 0.29) is 17.2 Å². The lowest BCUT2D eigenvalue weighted by Crippen LogP contribution is -2.48. The van der Waals surface area contributed by atoms with Crippen molar-refractivity contribution in [1.29, 1.82) is 5.41 Å². The van der Waals surface area contributed by atoms with Crippen molar-refractivity contribution in [3.8, 4) is 0 Å². The average molecular weight is 666 g/mol. The Morgan fingerprint density at radius 3 is 2.29 bits per heavy atom. The van der Waals surface area contributed by atoms with Crippen LogP contribution in [0.2, 0.25) is 0 Å². The van der Waals surface area contributed by atoms with Crippen LogP contribution in [0.1, 0.15) is 24.0 Å². The number of sulfonamides is 1. The first-order valence-corrected chi connectivity index (χ1v) is 13.5. The number of carboxylic acid groups (broad SMARTS) is 2. The number of carbonyl (C=O) groups excluding carboxylic acids is 1. The van der Waals surface area contributed by atoms with Gasteiger partial charge in [0.05, 0.1) is 17.0 Å². The Balaban J connectivity index is 0.000000745. The molecule has 1 heterocycles. The molecule has 18 heteroatoms. The van der Waals surface area contributed by atoms with Gasteiger partial charge in [-0.05, 0) is 23.8 Å². The predicted molar refractivity (Wildman–Crippen MR) is 141 cm³/mol. The fourth-order valence-corrected chi connectivity index (χ4v) is 4.90. The van der Waals surface area contributed by atoms with Crippen LogP contribution in [0.4, 0.5) is 13.2 Å². The highest BCUT2D eigenvalue weighted by Crippen LogP contribution is 2.20. The van der Waals surface area contributed by atoms with Gasteiger partial charge in [-0.15, -0.1) is 0 Å². The number of aliphatic carboxylic acids is 2. The Labute approximate surface area is 239 Å². The summed E-state index contributed by atoms with van der Waals surface area (Å²) >= 11 is 3.17. The van der Waals surface area contributed by atoms with E-state index in [0.29, 0.717) is 22.2 Å². The van der Waals surface area contributed by atoms with Gasteiger partial charge >= 0.3 is 18.1 Å². The summed E-state index contributed by atoms with van der Waals surface area (Å²) in [6.45, 7) is -0.450. The number of carbonyl (C=O) groups is 3. The molecule has 0 fully saturated rings. The van der Waals surface area contributed by atoms with Gasteiger partial charge in [0.15, 0.2) is 0 Å². The van der Waals surface area contributed by atoms with Crippen molar-refractivity contribution in [2.75, 3.05) is 6.54 Å². The lowest BCUT2D eigenvalue weighted by Gasteiger charge is -2.16. The largest absolute Gasteiger partial charge is 0.490 e. The van der Waals surface area contributed by atoms with Gasteiger partial charge in [-0.3, -0.25) is 15.0 Å². The Bertz CT molecular complexity index is 1440. The summed E-state index contributed by atoms with van der Waals surface area (Å²) in [5, 5.41) is 30.4. The van der Waals surface area contributed by atoms with Crippen molar-refractivity contribution in [1.82, 2.24) is 10.0 Å². The molecule has 7 N–H and O–H groups in total. The number of hydrogen-bond donors (Lipinski definition) is 6. The van der Waals surface area contributed by atoms with Gasteiger partial charge in [0.25, 0.3) is 0 Å². The minimum Gasteiger partial charge on any atom is -0.480 e. The molecule has 0 spiro atoms. The van der Waals surface area contributed by atoms with Crippen LogP contribution in [0.3, 0.4) is 0 Å². The molecule has 1 unspecified atom stereocenters. The van der Waals surface area contributed by atoms with E-state index in [1.54, 1.807) is 30.3 Å². The maximum Gasteiger partial charge on any atom is 0.490 e. The second-order valence-corrected chi connectivity index (χ2v) is 10.9. The molecule has 0 bridgehead atoms. The molecule has 13 nitrogen and oxygen atoms in total. The highest BCUT2D eigenvalue weighted by atomic mass is 79.9. The molecular formula is C23H23BrF3N5O8S. The Hall–Kier alpha value is -4.03. The lowest BCUT2D eigenvalue weighted by atomic mass is 10.0. The highest BCUT2D eigenvalue weighted by molar-refractivity contribution is 9.10. The first-order chi connectivity index (χ1) is 19.0. The predicted octanol–water partition coefficient (Wildman–Crippen LogP) is 1.80. The number of rotatable bonds is 10. The number of benzene rings is 2. The molecule has 41 heavy (non-hydrogen) atoms. The number of hydrogen-bond acceptors (Lipinski definition) is 8. The smallest absolute Gasteiger partial charge is 0.480 e. The molecule has 0 aliphatic carbocycles. The van der Waals surface area contributed by atoms with E-state index in [2.05, 4.69) is 31.1 Å². The molecule has 0 radical (unpaired) electrons. The third kappa shape index (κ3) is 10.5. The van der Waals surface area contributed by atoms with Crippen LogP contribution >= 0.6 is 15.9 Å². The molecule has 1 aliphatic rings. The van der Waals surface area contributed by atoms with Crippen LogP contribution in [0.15, 0.2) is 63.1 Å². The minimum absolute atomic E-state index is 0.0516. The minimum atomic E-state index is -5.08. The number of halogens is 4. The van der Waals surface area contributed by atoms with Crippen LogP contribution in [0, 0.1) is 5.41 Å². The van der Waals surface area contributed by atoms with Crippen molar-refractivity contribution in [3.05, 3.63) is 64.1 Å². The van der Waals surface area contributed by atoms with E-state index >= 15 is 0 Å². The van der Waals surface area contributed by atoms with Crippen LogP contribution in [-0.4, -0.2) is 72.9 Å². The normalized spacial score (nSPS) is 15.4. The Kier molecular flexibility index (Phi) is 11.4. The molecule has 222 valence electrons. The van der Waals surface area contributed by atoms with Crippen LogP contribution in [0.25, 0.3) is 0 Å². The maximum atomic E-state index is 12.5. The highest BCUT2D eigenvalue weighted by Gasteiger charge is 2.38. The summed E-state index contributed by atoms with van der Waals surface area (Å²) in [6, 6.07) is 11.1. The maximum absolute atomic E-state index is 12.5. The molecule has 0 saturated heterocycles. The van der Waals surface area contributed by atoms with Crippen molar-refractivity contribution in [2.45, 2.75) is 36.1 Å². The first kappa shape index (κ1) is 33.2. The lowest BCUT2D eigenvalue weighted by molar-refractivity contribution is -0.192. The zero-order chi connectivity index (χ0) is 31.0. The fourth-order valence-electron chi connectivity index (χ4n) is 3.11. The van der Waals surface area contributed by atoms with E-state index in [9.17, 15) is 36.3 Å². The zero-order valence-electron chi connectivity index (χ0n) is 20.7. The summed E-state index contributed by atoms with van der Waals surface area (Å²) in [6.07, 6.45) is -5.38. The fraction of sp³-hybridized carbons (Fsp3) is 0.261. The van der Waals surface area contributed by atoms with Crippen molar-refractivity contribution in [3.63, 3.8) is 0 Å². The summed E-state index contributed by atoms with van der Waals surface area (Å²) in [4.78, 5) is 37.9. The third-order valence-electron chi connectivity index (χ3n) is 5.12. The number of carboxylic acids is 2. The van der Waals surface area contributed by atoms with Crippen LogP contribution in [-0.2, 0) is 29.2 Å². The first-order valence-electron chi connectivity index (χ1n) is 11.2. The molecule has 1 amide bonds. The van der Waals surface area contributed by atoms with Crippen LogP contribution < -0.4 is 15.8 Å². The monoisotopic (exact) mass is 665 g/mol. The number of nitrogens with one attached hydrogen (secondary N) is 3. The molecule has 1 aliphatic heterocycles. The van der Waals surface area contributed by atoms with E-state index in [1.165, 1.54) is 18.2 Å². The van der Waals surface area contributed by atoms with Gasteiger partial charge in [-0.1, -0.05) is 51.4 Å². The average Bonchev–Trinajstić information content (AvgIpc) is 3.34. The molecule has 2 atom stereocenters. The van der Waals surface area contributed by atoms with Crippen LogP contribution in [0.5, 0.6) is 0 Å². The molecule has 0 aromatic heterocycles. The number of nitrogens with two attached hydrogens (primary N) is 1.